The summed E-state index contributed by atoms with van der Waals surface area (Å²) in [4.78, 5) is 0. The SMILES string of the molecule is CCCCCCC(CC)S(=O)(=O)C1CCC1. The minimum Gasteiger partial charge on any atom is -0.228 e. The first-order chi connectivity index (χ1) is 7.62. The van der Waals surface area contributed by atoms with Crippen LogP contribution in [0.4, 0.5) is 0 Å². The summed E-state index contributed by atoms with van der Waals surface area (Å²) in [5.74, 6) is 0. The van der Waals surface area contributed by atoms with Crippen molar-refractivity contribution < 1.29 is 8.42 Å². The van der Waals surface area contributed by atoms with Crippen LogP contribution in [0.5, 0.6) is 0 Å². The lowest BCUT2D eigenvalue weighted by atomic mass is 10.00. The van der Waals surface area contributed by atoms with Gasteiger partial charge in [0.25, 0.3) is 0 Å². The lowest BCUT2D eigenvalue weighted by molar-refractivity contribution is 0.461. The minimum atomic E-state index is -2.80. The van der Waals surface area contributed by atoms with E-state index in [0.29, 0.717) is 0 Å². The lowest BCUT2D eigenvalue weighted by Gasteiger charge is -2.29. The maximum absolute atomic E-state index is 12.2. The summed E-state index contributed by atoms with van der Waals surface area (Å²) >= 11 is 0. The van der Waals surface area contributed by atoms with Crippen LogP contribution in [0.2, 0.25) is 0 Å². The number of unbranched alkanes of at least 4 members (excludes halogenated alkanes) is 3. The molecular weight excluding hydrogens is 220 g/mol. The zero-order chi connectivity index (χ0) is 12.0. The van der Waals surface area contributed by atoms with Gasteiger partial charge in [0.15, 0.2) is 9.84 Å². The summed E-state index contributed by atoms with van der Waals surface area (Å²) < 4.78 is 24.4. The third-order valence-electron chi connectivity index (χ3n) is 3.82. The zero-order valence-electron chi connectivity index (χ0n) is 10.7. The van der Waals surface area contributed by atoms with E-state index >= 15 is 0 Å². The third kappa shape index (κ3) is 3.47. The summed E-state index contributed by atoms with van der Waals surface area (Å²) in [6.07, 6.45) is 9.33. The average molecular weight is 246 g/mol. The topological polar surface area (TPSA) is 34.1 Å². The van der Waals surface area contributed by atoms with Gasteiger partial charge in [-0.1, -0.05) is 46.0 Å². The lowest BCUT2D eigenvalue weighted by Crippen LogP contribution is -2.36. The van der Waals surface area contributed by atoms with E-state index in [9.17, 15) is 8.42 Å². The highest BCUT2D eigenvalue weighted by Gasteiger charge is 2.36. The van der Waals surface area contributed by atoms with Gasteiger partial charge in [0, 0.05) is 0 Å². The Morgan fingerprint density at radius 2 is 1.81 bits per heavy atom. The number of hydrogen-bond donors (Lipinski definition) is 0. The Labute approximate surface area is 101 Å². The highest BCUT2D eigenvalue weighted by atomic mass is 32.2. The Morgan fingerprint density at radius 3 is 2.25 bits per heavy atom. The quantitative estimate of drug-likeness (QED) is 0.612. The Hall–Kier alpha value is -0.0500. The van der Waals surface area contributed by atoms with Crippen molar-refractivity contribution in [3.63, 3.8) is 0 Å². The van der Waals surface area contributed by atoms with Crippen LogP contribution in [-0.2, 0) is 9.84 Å². The molecule has 1 aliphatic carbocycles. The molecule has 0 saturated heterocycles. The fourth-order valence-corrected chi connectivity index (χ4v) is 4.87. The van der Waals surface area contributed by atoms with Crippen LogP contribution in [0.1, 0.15) is 71.6 Å². The molecule has 0 bridgehead atoms. The Kier molecular flexibility index (Phi) is 5.81. The van der Waals surface area contributed by atoms with E-state index < -0.39 is 9.84 Å². The summed E-state index contributed by atoms with van der Waals surface area (Å²) in [5, 5.41) is -0.0571. The second kappa shape index (κ2) is 6.63. The van der Waals surface area contributed by atoms with Gasteiger partial charge in [0.2, 0.25) is 0 Å². The van der Waals surface area contributed by atoms with Gasteiger partial charge in [0.1, 0.15) is 0 Å². The molecule has 1 fully saturated rings. The van der Waals surface area contributed by atoms with Crippen LogP contribution in [0, 0.1) is 0 Å². The summed E-state index contributed by atoms with van der Waals surface area (Å²) in [6.45, 7) is 4.20. The maximum Gasteiger partial charge on any atom is 0.156 e. The summed E-state index contributed by atoms with van der Waals surface area (Å²) in [6, 6.07) is 0. The number of rotatable bonds is 8. The smallest absolute Gasteiger partial charge is 0.156 e. The summed E-state index contributed by atoms with van der Waals surface area (Å²) in [5.41, 5.74) is 0. The monoisotopic (exact) mass is 246 g/mol. The van der Waals surface area contributed by atoms with Crippen LogP contribution in [0.3, 0.4) is 0 Å². The number of hydrogen-bond acceptors (Lipinski definition) is 2. The predicted octanol–water partition coefficient (Wildman–Crippen LogP) is 3.70. The fourth-order valence-electron chi connectivity index (χ4n) is 2.37. The molecule has 0 spiro atoms. The van der Waals surface area contributed by atoms with E-state index in [2.05, 4.69) is 6.92 Å². The highest BCUT2D eigenvalue weighted by Crippen LogP contribution is 2.31. The van der Waals surface area contributed by atoms with E-state index in [4.69, 9.17) is 0 Å². The standard InChI is InChI=1S/C13H26O2S/c1-3-5-6-7-9-12(4-2)16(14,15)13-10-8-11-13/h12-13H,3-11H2,1-2H3. The van der Waals surface area contributed by atoms with Crippen molar-refractivity contribution in [3.8, 4) is 0 Å². The van der Waals surface area contributed by atoms with Crippen LogP contribution >= 0.6 is 0 Å². The molecule has 1 saturated carbocycles. The molecule has 2 nitrogen and oxygen atoms in total. The normalized spacial score (nSPS) is 19.4. The van der Waals surface area contributed by atoms with Gasteiger partial charge in [-0.2, -0.15) is 0 Å². The molecule has 0 aromatic rings. The molecule has 0 amide bonds. The molecule has 1 aliphatic rings. The van der Waals surface area contributed by atoms with Crippen LogP contribution in [0.25, 0.3) is 0 Å². The average Bonchev–Trinajstić information content (AvgIpc) is 2.14. The molecule has 16 heavy (non-hydrogen) atoms. The molecule has 1 atom stereocenters. The predicted molar refractivity (Wildman–Crippen MR) is 69.4 cm³/mol. The number of sulfone groups is 1. The van der Waals surface area contributed by atoms with E-state index in [1.54, 1.807) is 0 Å². The van der Waals surface area contributed by atoms with Crippen LogP contribution < -0.4 is 0 Å². The first kappa shape index (κ1) is 14.0. The molecule has 0 aromatic carbocycles. The van der Waals surface area contributed by atoms with Gasteiger partial charge in [-0.3, -0.25) is 0 Å². The third-order valence-corrected chi connectivity index (χ3v) is 6.72. The molecule has 96 valence electrons. The first-order valence-electron chi connectivity index (χ1n) is 6.85. The van der Waals surface area contributed by atoms with Crippen molar-refractivity contribution in [2.75, 3.05) is 0 Å². The molecule has 0 aromatic heterocycles. The molecular formula is C13H26O2S. The van der Waals surface area contributed by atoms with Crippen molar-refractivity contribution in [1.82, 2.24) is 0 Å². The molecule has 0 heterocycles. The first-order valence-corrected chi connectivity index (χ1v) is 8.46. The van der Waals surface area contributed by atoms with Crippen LogP contribution in [0.15, 0.2) is 0 Å². The van der Waals surface area contributed by atoms with E-state index in [1.165, 1.54) is 19.3 Å². The second-order valence-corrected chi connectivity index (χ2v) is 7.53. The molecule has 0 radical (unpaired) electrons. The molecule has 0 N–H and O–H groups in total. The van der Waals surface area contributed by atoms with Crippen LogP contribution in [-0.4, -0.2) is 18.9 Å². The zero-order valence-corrected chi connectivity index (χ0v) is 11.6. The van der Waals surface area contributed by atoms with Crippen molar-refractivity contribution >= 4 is 9.84 Å². The van der Waals surface area contributed by atoms with Gasteiger partial charge < -0.3 is 0 Å². The largest absolute Gasteiger partial charge is 0.228 e. The highest BCUT2D eigenvalue weighted by molar-refractivity contribution is 7.92. The molecule has 3 heteroatoms. The minimum absolute atomic E-state index is 0.00336. The van der Waals surface area contributed by atoms with Gasteiger partial charge >= 0.3 is 0 Å². The molecule has 0 aliphatic heterocycles. The second-order valence-electron chi connectivity index (χ2n) is 5.02. The summed E-state index contributed by atoms with van der Waals surface area (Å²) in [7, 11) is -2.80. The van der Waals surface area contributed by atoms with E-state index in [-0.39, 0.29) is 10.5 Å². The fraction of sp³-hybridized carbons (Fsp3) is 1.00. The Bertz CT molecular complexity index is 278. The molecule has 1 rings (SSSR count). The van der Waals surface area contributed by atoms with Gasteiger partial charge in [-0.25, -0.2) is 8.42 Å². The van der Waals surface area contributed by atoms with Crippen molar-refractivity contribution in [2.45, 2.75) is 82.1 Å². The van der Waals surface area contributed by atoms with E-state index in [1.807, 2.05) is 6.92 Å². The van der Waals surface area contributed by atoms with E-state index in [0.717, 1.165) is 38.5 Å². The Balaban J connectivity index is 2.40. The van der Waals surface area contributed by atoms with Crippen molar-refractivity contribution in [3.05, 3.63) is 0 Å². The van der Waals surface area contributed by atoms with Gasteiger partial charge in [-0.05, 0) is 25.7 Å². The van der Waals surface area contributed by atoms with Gasteiger partial charge in [-0.15, -0.1) is 0 Å². The maximum atomic E-state index is 12.2. The molecule has 1 unspecified atom stereocenters. The van der Waals surface area contributed by atoms with Gasteiger partial charge in [0.05, 0.1) is 10.5 Å². The van der Waals surface area contributed by atoms with Crippen molar-refractivity contribution in [2.24, 2.45) is 0 Å². The Morgan fingerprint density at radius 1 is 1.12 bits per heavy atom. The van der Waals surface area contributed by atoms with Crippen molar-refractivity contribution in [1.29, 1.82) is 0 Å².